The lowest BCUT2D eigenvalue weighted by molar-refractivity contribution is 1.07. The molecule has 0 amide bonds. The van der Waals surface area contributed by atoms with Crippen molar-refractivity contribution in [2.24, 2.45) is 0 Å². The molecule has 4 nitrogen and oxygen atoms in total. The van der Waals surface area contributed by atoms with E-state index in [1.54, 1.807) is 0 Å². The van der Waals surface area contributed by atoms with Crippen molar-refractivity contribution in [3.05, 3.63) is 243 Å². The van der Waals surface area contributed by atoms with E-state index in [0.717, 1.165) is 50.1 Å². The zero-order valence-electron chi connectivity index (χ0n) is 37.8. The molecular formula is C65H40N4S. The van der Waals surface area contributed by atoms with Gasteiger partial charge in [-0.2, -0.15) is 0 Å². The highest BCUT2D eigenvalue weighted by Crippen LogP contribution is 2.47. The van der Waals surface area contributed by atoms with Gasteiger partial charge in [-0.15, -0.1) is 11.3 Å². The summed E-state index contributed by atoms with van der Waals surface area (Å²) in [7, 11) is 0. The lowest BCUT2D eigenvalue weighted by Crippen LogP contribution is -2.02. The molecule has 5 heteroatoms. The van der Waals surface area contributed by atoms with Crippen molar-refractivity contribution in [3.8, 4) is 73.2 Å². The number of hydrogen-bond acceptors (Lipinski definition) is 4. The van der Waals surface area contributed by atoms with Gasteiger partial charge in [-0.05, 0) is 97.9 Å². The lowest BCUT2D eigenvalue weighted by atomic mass is 9.93. The SMILES string of the molecule is c1ccc(-c2ccc(-c3ccc(-c4nc(-c5ccccc5)nc(-c5ccc(-n6c7ccccc7c7cc8ccccc8cc76)c(-c6cc7ccccc7c7sc8ccccc8c67)c5)n4)cc3)cc2)cc1. The number of nitrogens with zero attached hydrogens (tertiary/aromatic N) is 4. The number of hydrogen-bond donors (Lipinski definition) is 0. The van der Waals surface area contributed by atoms with Crippen molar-refractivity contribution >= 4 is 74.9 Å². The molecule has 0 aliphatic heterocycles. The largest absolute Gasteiger partial charge is 0.309 e. The van der Waals surface area contributed by atoms with Gasteiger partial charge in [0, 0.05) is 53.2 Å². The molecule has 0 bridgehead atoms. The first-order valence-electron chi connectivity index (χ1n) is 23.7. The number of fused-ring (bicyclic) bond motifs is 9. The van der Waals surface area contributed by atoms with Gasteiger partial charge in [-0.3, -0.25) is 0 Å². The summed E-state index contributed by atoms with van der Waals surface area (Å²) in [4.78, 5) is 15.8. The van der Waals surface area contributed by atoms with Gasteiger partial charge in [0.25, 0.3) is 0 Å². The molecule has 0 atom stereocenters. The van der Waals surface area contributed by atoms with E-state index in [1.807, 2.05) is 29.5 Å². The molecule has 3 aromatic heterocycles. The molecule has 11 aromatic carbocycles. The van der Waals surface area contributed by atoms with Gasteiger partial charge in [0.15, 0.2) is 17.5 Å². The van der Waals surface area contributed by atoms with Crippen molar-refractivity contribution < 1.29 is 0 Å². The molecule has 3 heterocycles. The van der Waals surface area contributed by atoms with Crippen LogP contribution in [0, 0.1) is 0 Å². The van der Waals surface area contributed by atoms with E-state index in [4.69, 9.17) is 15.0 Å². The Hall–Kier alpha value is -9.03. The molecule has 0 aliphatic rings. The van der Waals surface area contributed by atoms with Gasteiger partial charge >= 0.3 is 0 Å². The summed E-state index contributed by atoms with van der Waals surface area (Å²) in [5.74, 6) is 1.85. The fourth-order valence-corrected chi connectivity index (χ4v) is 11.7. The van der Waals surface area contributed by atoms with Crippen LogP contribution in [0.3, 0.4) is 0 Å². The van der Waals surface area contributed by atoms with Crippen LogP contribution in [0.2, 0.25) is 0 Å². The van der Waals surface area contributed by atoms with Crippen LogP contribution < -0.4 is 0 Å². The average molecular weight is 909 g/mol. The molecule has 0 aliphatic carbocycles. The number of benzene rings is 11. The maximum absolute atomic E-state index is 5.33. The number of thiophene rings is 1. The zero-order valence-corrected chi connectivity index (χ0v) is 38.6. The molecule has 0 saturated carbocycles. The van der Waals surface area contributed by atoms with Crippen LogP contribution in [0.15, 0.2) is 243 Å². The van der Waals surface area contributed by atoms with E-state index >= 15 is 0 Å². The maximum Gasteiger partial charge on any atom is 0.164 e. The second-order valence-electron chi connectivity index (χ2n) is 17.9. The number of rotatable bonds is 7. The topological polar surface area (TPSA) is 43.6 Å². The molecule has 0 saturated heterocycles. The summed E-state index contributed by atoms with van der Waals surface area (Å²) < 4.78 is 5.01. The van der Waals surface area contributed by atoms with Crippen LogP contribution in [0.5, 0.6) is 0 Å². The van der Waals surface area contributed by atoms with E-state index in [9.17, 15) is 0 Å². The first-order chi connectivity index (χ1) is 34.7. The van der Waals surface area contributed by atoms with Crippen LogP contribution in [0.25, 0.3) is 137 Å². The fraction of sp³-hybridized carbons (Fsp3) is 0. The Morgan fingerprint density at radius 2 is 0.786 bits per heavy atom. The quantitative estimate of drug-likeness (QED) is 0.160. The van der Waals surface area contributed by atoms with Crippen LogP contribution >= 0.6 is 11.3 Å². The molecule has 0 radical (unpaired) electrons. The Morgan fingerprint density at radius 3 is 1.47 bits per heavy atom. The summed E-state index contributed by atoms with van der Waals surface area (Å²) in [5, 5.41) is 9.82. The highest BCUT2D eigenvalue weighted by Gasteiger charge is 2.23. The Balaban J connectivity index is 0.994. The molecule has 0 fully saturated rings. The van der Waals surface area contributed by atoms with Crippen LogP contribution in [0.4, 0.5) is 0 Å². The average Bonchev–Trinajstić information content (AvgIpc) is 3.99. The standard InChI is InChI=1S/C65H40N4S/c1-3-15-41(16-4-1)42-27-29-43(30-28-42)44-31-33-46(34-32-44)64-66-63(45-17-5-2-6-18-45)67-65(68-64)50-35-36-58(69-57-25-13-11-23-52(57)54-37-47-19-7-8-20-48(47)40-59(54)69)55(39-50)56-38-49-21-9-10-22-51(49)62-61(56)53-24-12-14-26-60(53)70-62/h1-40H. The Labute approximate surface area is 408 Å². The molecule has 0 unspecified atom stereocenters. The van der Waals surface area contributed by atoms with Crippen molar-refractivity contribution in [2.45, 2.75) is 0 Å². The maximum atomic E-state index is 5.33. The first kappa shape index (κ1) is 40.1. The van der Waals surface area contributed by atoms with E-state index in [0.29, 0.717) is 17.5 Å². The molecule has 0 spiro atoms. The second kappa shape index (κ2) is 16.3. The normalized spacial score (nSPS) is 11.7. The van der Waals surface area contributed by atoms with E-state index in [1.165, 1.54) is 69.2 Å². The second-order valence-corrected chi connectivity index (χ2v) is 19.0. The van der Waals surface area contributed by atoms with Gasteiger partial charge < -0.3 is 4.57 Å². The summed E-state index contributed by atoms with van der Waals surface area (Å²) >= 11 is 1.87. The Kier molecular flexibility index (Phi) is 9.36. The predicted octanol–water partition coefficient (Wildman–Crippen LogP) is 17.6. The highest BCUT2D eigenvalue weighted by atomic mass is 32.1. The molecular weight excluding hydrogens is 869 g/mol. The van der Waals surface area contributed by atoms with Gasteiger partial charge in [-0.1, -0.05) is 194 Å². The van der Waals surface area contributed by atoms with Crippen molar-refractivity contribution in [1.82, 2.24) is 19.5 Å². The minimum atomic E-state index is 0.609. The molecule has 14 aromatic rings. The van der Waals surface area contributed by atoms with Gasteiger partial charge in [-0.25, -0.2) is 15.0 Å². The Bertz CT molecular complexity index is 4330. The smallest absolute Gasteiger partial charge is 0.164 e. The van der Waals surface area contributed by atoms with Crippen LogP contribution in [0.1, 0.15) is 0 Å². The summed E-state index contributed by atoms with van der Waals surface area (Å²) in [6, 6.07) is 87.1. The van der Waals surface area contributed by atoms with E-state index < -0.39 is 0 Å². The minimum absolute atomic E-state index is 0.609. The highest BCUT2D eigenvalue weighted by molar-refractivity contribution is 7.26. The van der Waals surface area contributed by atoms with Crippen molar-refractivity contribution in [3.63, 3.8) is 0 Å². The third-order valence-electron chi connectivity index (χ3n) is 13.8. The zero-order chi connectivity index (χ0) is 46.1. The minimum Gasteiger partial charge on any atom is -0.309 e. The van der Waals surface area contributed by atoms with Gasteiger partial charge in [0.1, 0.15) is 0 Å². The third kappa shape index (κ3) is 6.70. The van der Waals surface area contributed by atoms with Crippen LogP contribution in [-0.2, 0) is 0 Å². The first-order valence-corrected chi connectivity index (χ1v) is 24.5. The molecule has 70 heavy (non-hydrogen) atoms. The summed E-state index contributed by atoms with van der Waals surface area (Å²) in [5.41, 5.74) is 13.1. The van der Waals surface area contributed by atoms with E-state index in [-0.39, 0.29) is 0 Å². The lowest BCUT2D eigenvalue weighted by Gasteiger charge is -2.18. The number of para-hydroxylation sites is 1. The fourth-order valence-electron chi connectivity index (χ4n) is 10.4. The number of aromatic nitrogens is 4. The monoisotopic (exact) mass is 908 g/mol. The van der Waals surface area contributed by atoms with Crippen LogP contribution in [-0.4, -0.2) is 19.5 Å². The predicted molar refractivity (Wildman–Crippen MR) is 295 cm³/mol. The Morgan fingerprint density at radius 1 is 0.300 bits per heavy atom. The molecule has 0 N–H and O–H groups in total. The van der Waals surface area contributed by atoms with Gasteiger partial charge in [0.05, 0.1) is 16.7 Å². The van der Waals surface area contributed by atoms with Gasteiger partial charge in [0.2, 0.25) is 0 Å². The third-order valence-corrected chi connectivity index (χ3v) is 15.0. The summed E-state index contributed by atoms with van der Waals surface area (Å²) in [6.45, 7) is 0. The van der Waals surface area contributed by atoms with Crippen molar-refractivity contribution in [2.75, 3.05) is 0 Å². The van der Waals surface area contributed by atoms with Crippen molar-refractivity contribution in [1.29, 1.82) is 0 Å². The van der Waals surface area contributed by atoms with E-state index in [2.05, 4.69) is 229 Å². The molecule has 14 rings (SSSR count). The summed E-state index contributed by atoms with van der Waals surface area (Å²) in [6.07, 6.45) is 0. The molecule has 326 valence electrons.